The summed E-state index contributed by atoms with van der Waals surface area (Å²) in [4.78, 5) is 37.9. The van der Waals surface area contributed by atoms with Gasteiger partial charge in [-0.1, -0.05) is 12.1 Å². The maximum atomic E-state index is 12.4. The van der Waals surface area contributed by atoms with Crippen molar-refractivity contribution in [3.63, 3.8) is 0 Å². The highest BCUT2D eigenvalue weighted by Gasteiger charge is 2.51. The Morgan fingerprint density at radius 3 is 2.26 bits per heavy atom. The maximum Gasteiger partial charge on any atom is 0.328 e. The smallest absolute Gasteiger partial charge is 0.328 e. The minimum absolute atomic E-state index is 0.0908. The van der Waals surface area contributed by atoms with Gasteiger partial charge >= 0.3 is 5.69 Å². The molecule has 1 heterocycles. The molecule has 1 aromatic carbocycles. The van der Waals surface area contributed by atoms with E-state index in [2.05, 4.69) is 22.4 Å². The molecule has 0 radical (unpaired) electrons. The van der Waals surface area contributed by atoms with E-state index in [1.807, 2.05) is 12.1 Å². The molecule has 4 aliphatic carbocycles. The molecule has 164 valence electrons. The fourth-order valence-corrected chi connectivity index (χ4v) is 6.65. The molecule has 6 rings (SSSR count). The second kappa shape index (κ2) is 7.79. The summed E-state index contributed by atoms with van der Waals surface area (Å²) in [5.74, 6) is 2.49. The number of aliphatic hydroxyl groups is 1. The number of aromatic nitrogens is 2. The summed E-state index contributed by atoms with van der Waals surface area (Å²) in [7, 11) is 0. The summed E-state index contributed by atoms with van der Waals surface area (Å²) in [5.41, 5.74) is 1.42. The lowest BCUT2D eigenvalue weighted by Crippen LogP contribution is -2.48. The number of nitrogens with one attached hydrogen (secondary N) is 2. The van der Waals surface area contributed by atoms with Gasteiger partial charge in [-0.05, 0) is 79.4 Å². The number of carbonyl (C=O) groups excluding carboxylic acids is 1. The van der Waals surface area contributed by atoms with Crippen LogP contribution in [-0.2, 0) is 23.4 Å². The zero-order chi connectivity index (χ0) is 21.6. The highest BCUT2D eigenvalue weighted by Crippen LogP contribution is 2.60. The van der Waals surface area contributed by atoms with Crippen LogP contribution in [0.4, 0.5) is 5.69 Å². The number of H-pyrrole nitrogens is 1. The number of hydrogen-bond acceptors (Lipinski definition) is 4. The predicted molar refractivity (Wildman–Crippen MR) is 117 cm³/mol. The third-order valence-corrected chi connectivity index (χ3v) is 7.65. The van der Waals surface area contributed by atoms with Crippen molar-refractivity contribution in [3.8, 4) is 0 Å². The Kier molecular flexibility index (Phi) is 5.08. The number of hydrogen-bond donors (Lipinski definition) is 3. The van der Waals surface area contributed by atoms with Crippen LogP contribution < -0.4 is 16.6 Å². The molecule has 1 amide bonds. The zero-order valence-electron chi connectivity index (χ0n) is 17.6. The van der Waals surface area contributed by atoms with E-state index in [-0.39, 0.29) is 24.4 Å². The SMILES string of the molecule is O=C(CCn1cc(CO)c(=O)[nH]c1=O)Nc1ccc(C23CC4CC(CC(C4)C2)C3)cc1. The van der Waals surface area contributed by atoms with E-state index in [1.54, 1.807) is 0 Å². The van der Waals surface area contributed by atoms with Gasteiger partial charge in [0.25, 0.3) is 5.56 Å². The molecule has 4 aliphatic rings. The Bertz CT molecular complexity index is 1060. The second-order valence-electron chi connectivity index (χ2n) is 9.84. The van der Waals surface area contributed by atoms with E-state index < -0.39 is 17.9 Å². The van der Waals surface area contributed by atoms with Crippen LogP contribution in [0.15, 0.2) is 40.1 Å². The number of rotatable bonds is 6. The van der Waals surface area contributed by atoms with Gasteiger partial charge in [0, 0.05) is 24.8 Å². The number of nitrogens with zero attached hydrogens (tertiary/aromatic N) is 1. The standard InChI is InChI=1S/C24H29N3O4/c28-14-18-13-27(23(31)26-22(18)30)6-5-21(29)25-20-3-1-19(2-4-20)24-10-15-7-16(11-24)9-17(8-15)12-24/h1-4,13,15-17,28H,5-12,14H2,(H,25,29)(H,26,30,31). The molecule has 1 aromatic heterocycles. The van der Waals surface area contributed by atoms with Crippen LogP contribution in [-0.4, -0.2) is 20.6 Å². The molecule has 0 aliphatic heterocycles. The first kappa shape index (κ1) is 20.2. The van der Waals surface area contributed by atoms with Crippen LogP contribution in [0.25, 0.3) is 0 Å². The van der Waals surface area contributed by atoms with Crippen LogP contribution >= 0.6 is 0 Å². The highest BCUT2D eigenvalue weighted by atomic mass is 16.3. The van der Waals surface area contributed by atoms with Crippen molar-refractivity contribution in [2.75, 3.05) is 5.32 Å². The maximum absolute atomic E-state index is 12.4. The van der Waals surface area contributed by atoms with Gasteiger partial charge in [0.1, 0.15) is 0 Å². The van der Waals surface area contributed by atoms with E-state index in [4.69, 9.17) is 0 Å². The van der Waals surface area contributed by atoms with Gasteiger partial charge in [-0.25, -0.2) is 4.79 Å². The summed E-state index contributed by atoms with van der Waals surface area (Å²) >= 11 is 0. The third-order valence-electron chi connectivity index (χ3n) is 7.65. The van der Waals surface area contributed by atoms with Gasteiger partial charge in [-0.3, -0.25) is 19.1 Å². The van der Waals surface area contributed by atoms with Crippen molar-refractivity contribution in [1.82, 2.24) is 9.55 Å². The molecule has 31 heavy (non-hydrogen) atoms. The molecule has 4 fully saturated rings. The van der Waals surface area contributed by atoms with Gasteiger partial charge in [-0.2, -0.15) is 0 Å². The summed E-state index contributed by atoms with van der Waals surface area (Å²) in [6.45, 7) is -0.336. The van der Waals surface area contributed by atoms with Crippen LogP contribution in [0, 0.1) is 17.8 Å². The lowest BCUT2D eigenvalue weighted by Gasteiger charge is -2.57. The Balaban J connectivity index is 1.22. The average Bonchev–Trinajstić information content (AvgIpc) is 2.72. The second-order valence-corrected chi connectivity index (χ2v) is 9.84. The van der Waals surface area contributed by atoms with E-state index in [1.165, 1.54) is 54.9 Å². The van der Waals surface area contributed by atoms with Gasteiger partial charge in [0.15, 0.2) is 0 Å². The predicted octanol–water partition coefficient (Wildman–Crippen LogP) is 2.53. The number of aliphatic hydroxyl groups excluding tert-OH is 1. The molecule has 4 saturated carbocycles. The van der Waals surface area contributed by atoms with E-state index in [0.29, 0.717) is 5.41 Å². The van der Waals surface area contributed by atoms with Crippen LogP contribution in [0.2, 0.25) is 0 Å². The highest BCUT2D eigenvalue weighted by molar-refractivity contribution is 5.90. The van der Waals surface area contributed by atoms with E-state index in [0.717, 1.165) is 23.4 Å². The first-order valence-corrected chi connectivity index (χ1v) is 11.3. The molecule has 4 bridgehead atoms. The summed E-state index contributed by atoms with van der Waals surface area (Å²) < 4.78 is 1.24. The zero-order valence-corrected chi connectivity index (χ0v) is 17.6. The van der Waals surface area contributed by atoms with E-state index in [9.17, 15) is 19.5 Å². The van der Waals surface area contributed by atoms with E-state index >= 15 is 0 Å². The minimum atomic E-state index is -0.604. The molecular weight excluding hydrogens is 394 g/mol. The number of aromatic amines is 1. The van der Waals surface area contributed by atoms with Crippen molar-refractivity contribution in [2.45, 2.75) is 63.5 Å². The van der Waals surface area contributed by atoms with Gasteiger partial charge in [0.2, 0.25) is 5.91 Å². The minimum Gasteiger partial charge on any atom is -0.391 e. The summed E-state index contributed by atoms with van der Waals surface area (Å²) in [6, 6.07) is 8.34. The average molecular weight is 424 g/mol. The molecule has 0 atom stereocenters. The molecule has 7 heteroatoms. The largest absolute Gasteiger partial charge is 0.391 e. The molecule has 0 saturated heterocycles. The van der Waals surface area contributed by atoms with Gasteiger partial charge < -0.3 is 10.4 Å². The normalized spacial score (nSPS) is 28.6. The number of amides is 1. The molecule has 0 unspecified atom stereocenters. The number of anilines is 1. The van der Waals surface area contributed by atoms with Crippen molar-refractivity contribution < 1.29 is 9.90 Å². The third kappa shape index (κ3) is 3.87. The van der Waals surface area contributed by atoms with Gasteiger partial charge in [-0.15, -0.1) is 0 Å². The Hall–Kier alpha value is -2.67. The Morgan fingerprint density at radius 2 is 1.68 bits per heavy atom. The number of carbonyl (C=O) groups is 1. The van der Waals surface area contributed by atoms with Crippen LogP contribution in [0.1, 0.15) is 56.1 Å². The first-order chi connectivity index (χ1) is 14.9. The Labute approximate surface area is 180 Å². The van der Waals surface area contributed by atoms with Crippen molar-refractivity contribution in [3.05, 3.63) is 62.4 Å². The quantitative estimate of drug-likeness (QED) is 0.664. The molecular formula is C24H29N3O4. The van der Waals surface area contributed by atoms with Crippen molar-refractivity contribution in [1.29, 1.82) is 0 Å². The molecule has 7 nitrogen and oxygen atoms in total. The lowest BCUT2D eigenvalue weighted by molar-refractivity contribution is -0.116. The van der Waals surface area contributed by atoms with Crippen molar-refractivity contribution >= 4 is 11.6 Å². The number of benzene rings is 1. The van der Waals surface area contributed by atoms with Crippen LogP contribution in [0.5, 0.6) is 0 Å². The topological polar surface area (TPSA) is 104 Å². The summed E-state index contributed by atoms with van der Waals surface area (Å²) in [6.07, 6.45) is 9.60. The number of aryl methyl sites for hydroxylation is 1. The molecule has 0 spiro atoms. The van der Waals surface area contributed by atoms with Gasteiger partial charge in [0.05, 0.1) is 12.2 Å². The first-order valence-electron chi connectivity index (χ1n) is 11.3. The fraction of sp³-hybridized carbons (Fsp3) is 0.542. The molecule has 2 aromatic rings. The summed E-state index contributed by atoms with van der Waals surface area (Å²) in [5, 5.41) is 12.1. The fourth-order valence-electron chi connectivity index (χ4n) is 6.65. The Morgan fingerprint density at radius 1 is 1.06 bits per heavy atom. The monoisotopic (exact) mass is 423 g/mol. The van der Waals surface area contributed by atoms with Crippen LogP contribution in [0.3, 0.4) is 0 Å². The molecule has 3 N–H and O–H groups in total. The lowest BCUT2D eigenvalue weighted by atomic mass is 9.48. The van der Waals surface area contributed by atoms with Crippen molar-refractivity contribution in [2.24, 2.45) is 17.8 Å².